The van der Waals surface area contributed by atoms with Crippen LogP contribution in [-0.4, -0.2) is 0 Å². The lowest BCUT2D eigenvalue weighted by Crippen LogP contribution is -1.86. The summed E-state index contributed by atoms with van der Waals surface area (Å²) in [5, 5.41) is 8.45. The first-order chi connectivity index (χ1) is 6.24. The van der Waals surface area contributed by atoms with Crippen LogP contribution in [0.5, 0.6) is 0 Å². The number of halogens is 2. The maximum atomic E-state index is 12.7. The van der Waals surface area contributed by atoms with Gasteiger partial charge in [0, 0.05) is 6.42 Å². The Morgan fingerprint density at radius 3 is 2.85 bits per heavy atom. The molecule has 1 rings (SSSR count). The number of hydrogen-bond donors (Lipinski definition) is 0. The molecule has 0 N–H and O–H groups in total. The van der Waals surface area contributed by atoms with Gasteiger partial charge in [-0.2, -0.15) is 5.26 Å². The number of aryl methyl sites for hydroxylation is 1. The molecule has 1 nitrogen and oxygen atoms in total. The quantitative estimate of drug-likeness (QED) is 0.682. The third kappa shape index (κ3) is 3.04. The van der Waals surface area contributed by atoms with Crippen molar-refractivity contribution in [3.63, 3.8) is 0 Å². The maximum Gasteiger partial charge on any atom is 0.141 e. The van der Waals surface area contributed by atoms with Crippen molar-refractivity contribution < 1.29 is 4.39 Å². The molecule has 0 bridgehead atoms. The van der Waals surface area contributed by atoms with Gasteiger partial charge in [-0.05, 0) is 30.5 Å². The molecule has 1 aromatic rings. The van der Waals surface area contributed by atoms with Crippen LogP contribution in [-0.2, 0) is 6.42 Å². The Hall–Kier alpha value is -1.07. The molecular weight excluding hydrogens is 189 g/mol. The van der Waals surface area contributed by atoms with Crippen molar-refractivity contribution >= 4 is 11.6 Å². The molecule has 1 aromatic carbocycles. The van der Waals surface area contributed by atoms with E-state index in [4.69, 9.17) is 16.9 Å². The van der Waals surface area contributed by atoms with Gasteiger partial charge < -0.3 is 0 Å². The minimum atomic E-state index is -0.398. The monoisotopic (exact) mass is 197 g/mol. The third-order valence-corrected chi connectivity index (χ3v) is 2.03. The normalized spacial score (nSPS) is 9.62. The highest BCUT2D eigenvalue weighted by atomic mass is 35.5. The van der Waals surface area contributed by atoms with Crippen LogP contribution in [0.3, 0.4) is 0 Å². The van der Waals surface area contributed by atoms with Crippen LogP contribution < -0.4 is 0 Å². The summed E-state index contributed by atoms with van der Waals surface area (Å²) in [5.74, 6) is -0.398. The van der Waals surface area contributed by atoms with Crippen LogP contribution in [0.25, 0.3) is 0 Å². The zero-order valence-electron chi connectivity index (χ0n) is 7.06. The highest BCUT2D eigenvalue weighted by Crippen LogP contribution is 2.17. The molecule has 0 atom stereocenters. The van der Waals surface area contributed by atoms with Crippen molar-refractivity contribution in [3.05, 3.63) is 34.6 Å². The van der Waals surface area contributed by atoms with Crippen molar-refractivity contribution in [3.8, 4) is 6.07 Å². The highest BCUT2D eigenvalue weighted by Gasteiger charge is 2.00. The van der Waals surface area contributed by atoms with Crippen molar-refractivity contribution in [2.75, 3.05) is 0 Å². The topological polar surface area (TPSA) is 23.8 Å². The SMILES string of the molecule is N#CCCCc1ccc(F)c(Cl)c1. The fourth-order valence-electron chi connectivity index (χ4n) is 1.07. The second-order valence-electron chi connectivity index (χ2n) is 2.76. The van der Waals surface area contributed by atoms with Crippen LogP contribution in [0, 0.1) is 17.1 Å². The van der Waals surface area contributed by atoms with E-state index in [1.807, 2.05) is 0 Å². The Bertz CT molecular complexity index is 330. The second-order valence-corrected chi connectivity index (χ2v) is 3.17. The molecule has 0 aliphatic heterocycles. The van der Waals surface area contributed by atoms with Gasteiger partial charge in [0.05, 0.1) is 11.1 Å². The van der Waals surface area contributed by atoms with E-state index >= 15 is 0 Å². The first kappa shape index (κ1) is 10.0. The van der Waals surface area contributed by atoms with E-state index in [1.165, 1.54) is 6.07 Å². The van der Waals surface area contributed by atoms with E-state index in [0.717, 1.165) is 18.4 Å². The summed E-state index contributed by atoms with van der Waals surface area (Å²) in [7, 11) is 0. The summed E-state index contributed by atoms with van der Waals surface area (Å²) in [6, 6.07) is 6.71. The summed E-state index contributed by atoms with van der Waals surface area (Å²) >= 11 is 5.59. The Kier molecular flexibility index (Phi) is 3.72. The van der Waals surface area contributed by atoms with Crippen LogP contribution in [0.1, 0.15) is 18.4 Å². The Morgan fingerprint density at radius 1 is 1.46 bits per heavy atom. The van der Waals surface area contributed by atoms with Gasteiger partial charge in [-0.1, -0.05) is 17.7 Å². The molecule has 0 unspecified atom stereocenters. The summed E-state index contributed by atoms with van der Waals surface area (Å²) < 4.78 is 12.7. The predicted octanol–water partition coefficient (Wildman–Crippen LogP) is 3.33. The minimum Gasteiger partial charge on any atom is -0.205 e. The number of nitriles is 1. The van der Waals surface area contributed by atoms with Gasteiger partial charge in [0.15, 0.2) is 0 Å². The van der Waals surface area contributed by atoms with Crippen molar-refractivity contribution in [2.24, 2.45) is 0 Å². The molecule has 0 heterocycles. The molecule has 0 aromatic heterocycles. The number of nitrogens with zero attached hydrogens (tertiary/aromatic N) is 1. The molecule has 13 heavy (non-hydrogen) atoms. The number of unbranched alkanes of at least 4 members (excludes halogenated alkanes) is 1. The summed E-state index contributed by atoms with van der Waals surface area (Å²) in [6.45, 7) is 0. The van der Waals surface area contributed by atoms with Crippen LogP contribution in [0.15, 0.2) is 18.2 Å². The molecular formula is C10H9ClFN. The van der Waals surface area contributed by atoms with E-state index in [1.54, 1.807) is 12.1 Å². The van der Waals surface area contributed by atoms with E-state index < -0.39 is 5.82 Å². The van der Waals surface area contributed by atoms with Crippen molar-refractivity contribution in [1.29, 1.82) is 5.26 Å². The van der Waals surface area contributed by atoms with Gasteiger partial charge in [0.1, 0.15) is 5.82 Å². The molecule has 0 radical (unpaired) electrons. The van der Waals surface area contributed by atoms with E-state index in [-0.39, 0.29) is 5.02 Å². The maximum absolute atomic E-state index is 12.7. The smallest absolute Gasteiger partial charge is 0.141 e. The van der Waals surface area contributed by atoms with Gasteiger partial charge >= 0.3 is 0 Å². The zero-order valence-corrected chi connectivity index (χ0v) is 7.81. The molecule has 68 valence electrons. The number of hydrogen-bond acceptors (Lipinski definition) is 1. The van der Waals surface area contributed by atoms with E-state index in [2.05, 4.69) is 6.07 Å². The molecule has 0 amide bonds. The van der Waals surface area contributed by atoms with Gasteiger partial charge in [0.2, 0.25) is 0 Å². The standard InChI is InChI=1S/C10H9ClFN/c11-9-7-8(3-1-2-6-13)4-5-10(9)12/h4-5,7H,1-3H2. The first-order valence-electron chi connectivity index (χ1n) is 4.05. The molecule has 0 saturated carbocycles. The fraction of sp³-hybridized carbons (Fsp3) is 0.300. The summed E-state index contributed by atoms with van der Waals surface area (Å²) in [5.41, 5.74) is 0.974. The minimum absolute atomic E-state index is 0.148. The van der Waals surface area contributed by atoms with E-state index in [9.17, 15) is 4.39 Å². The molecule has 0 spiro atoms. The first-order valence-corrected chi connectivity index (χ1v) is 4.42. The predicted molar refractivity (Wildman–Crippen MR) is 50.0 cm³/mol. The highest BCUT2D eigenvalue weighted by molar-refractivity contribution is 6.30. The second kappa shape index (κ2) is 4.84. The van der Waals surface area contributed by atoms with Crippen LogP contribution in [0.2, 0.25) is 5.02 Å². The van der Waals surface area contributed by atoms with Gasteiger partial charge in [0.25, 0.3) is 0 Å². The number of rotatable bonds is 3. The average Bonchev–Trinajstić information content (AvgIpc) is 2.12. The molecule has 0 aliphatic rings. The van der Waals surface area contributed by atoms with Crippen molar-refractivity contribution in [1.82, 2.24) is 0 Å². The molecule has 0 fully saturated rings. The van der Waals surface area contributed by atoms with Crippen LogP contribution in [0.4, 0.5) is 4.39 Å². The Balaban J connectivity index is 2.59. The lowest BCUT2D eigenvalue weighted by Gasteiger charge is -1.99. The van der Waals surface area contributed by atoms with Gasteiger partial charge in [-0.3, -0.25) is 0 Å². The summed E-state index contributed by atoms with van der Waals surface area (Å²) in [6.07, 6.45) is 2.08. The summed E-state index contributed by atoms with van der Waals surface area (Å²) in [4.78, 5) is 0. The third-order valence-electron chi connectivity index (χ3n) is 1.74. The number of benzene rings is 1. The Labute approximate surface area is 81.8 Å². The van der Waals surface area contributed by atoms with Crippen LogP contribution >= 0.6 is 11.6 Å². The van der Waals surface area contributed by atoms with E-state index in [0.29, 0.717) is 6.42 Å². The van der Waals surface area contributed by atoms with Gasteiger partial charge in [-0.25, -0.2) is 4.39 Å². The molecule has 3 heteroatoms. The zero-order chi connectivity index (χ0) is 9.68. The van der Waals surface area contributed by atoms with Gasteiger partial charge in [-0.15, -0.1) is 0 Å². The molecule has 0 aliphatic carbocycles. The van der Waals surface area contributed by atoms with Crippen molar-refractivity contribution in [2.45, 2.75) is 19.3 Å². The lowest BCUT2D eigenvalue weighted by atomic mass is 10.1. The lowest BCUT2D eigenvalue weighted by molar-refractivity contribution is 0.627. The fourth-order valence-corrected chi connectivity index (χ4v) is 1.27. The largest absolute Gasteiger partial charge is 0.205 e. The average molecular weight is 198 g/mol. The Morgan fingerprint density at radius 2 is 2.23 bits per heavy atom. The molecule has 0 saturated heterocycles.